The zero-order chi connectivity index (χ0) is 16.9. The topological polar surface area (TPSA) is 59.1 Å². The minimum atomic E-state index is -0.497. The van der Waals surface area contributed by atoms with E-state index in [2.05, 4.69) is 24.3 Å². The Hall–Kier alpha value is -2.24. The lowest BCUT2D eigenvalue weighted by atomic mass is 9.42. The fourth-order valence-electron chi connectivity index (χ4n) is 4.78. The first-order chi connectivity index (χ1) is 11.6. The number of nitrogens with zero attached hydrogens (tertiary/aromatic N) is 2. The summed E-state index contributed by atoms with van der Waals surface area (Å²) in [6, 6.07) is -0.471. The zero-order valence-electron chi connectivity index (χ0n) is 14.0. The average Bonchev–Trinajstić information content (AvgIpc) is 2.56. The number of carbonyl (C=O) groups is 2. The van der Waals surface area contributed by atoms with Crippen LogP contribution in [0.3, 0.4) is 0 Å². The van der Waals surface area contributed by atoms with Gasteiger partial charge in [0.05, 0.1) is 25.3 Å². The molecule has 128 valence electrons. The van der Waals surface area contributed by atoms with Crippen molar-refractivity contribution in [3.8, 4) is 0 Å². The van der Waals surface area contributed by atoms with Gasteiger partial charge in [-0.1, -0.05) is 36.5 Å². The highest BCUT2D eigenvalue weighted by Crippen LogP contribution is 2.67. The van der Waals surface area contributed by atoms with Crippen LogP contribution in [0.25, 0.3) is 0 Å². The number of amides is 2. The first-order valence-electron chi connectivity index (χ1n) is 8.57. The summed E-state index contributed by atoms with van der Waals surface area (Å²) in [4.78, 5) is 25.3. The van der Waals surface area contributed by atoms with Crippen molar-refractivity contribution in [3.05, 3.63) is 36.5 Å². The molecule has 0 unspecified atom stereocenters. The highest BCUT2D eigenvalue weighted by Gasteiger charge is 2.71. The first-order valence-corrected chi connectivity index (χ1v) is 8.57. The Bertz CT molecular complexity index is 616. The third-order valence-electron chi connectivity index (χ3n) is 5.82. The Balaban J connectivity index is 1.80. The van der Waals surface area contributed by atoms with Crippen molar-refractivity contribution < 1.29 is 19.1 Å². The summed E-state index contributed by atoms with van der Waals surface area (Å²) in [5, 5.41) is 2.93. The number of allylic oxidation sites excluding steroid dienone is 2. The molecule has 0 N–H and O–H groups in total. The van der Waals surface area contributed by atoms with E-state index in [1.54, 1.807) is 13.8 Å². The van der Waals surface area contributed by atoms with Gasteiger partial charge >= 0.3 is 12.2 Å². The summed E-state index contributed by atoms with van der Waals surface area (Å²) in [5.74, 6) is 0. The van der Waals surface area contributed by atoms with Gasteiger partial charge in [-0.15, -0.1) is 0 Å². The van der Waals surface area contributed by atoms with E-state index in [-0.39, 0.29) is 36.1 Å². The maximum Gasteiger partial charge on any atom is 0.429 e. The lowest BCUT2D eigenvalue weighted by Gasteiger charge is -2.70. The molecule has 24 heavy (non-hydrogen) atoms. The number of rotatable bonds is 2. The van der Waals surface area contributed by atoms with Crippen molar-refractivity contribution in [1.82, 2.24) is 10.0 Å². The van der Waals surface area contributed by atoms with Crippen LogP contribution in [0.1, 0.15) is 26.7 Å². The normalized spacial score (nSPS) is 37.6. The molecule has 0 spiro atoms. The second-order valence-corrected chi connectivity index (χ2v) is 6.66. The van der Waals surface area contributed by atoms with E-state index in [9.17, 15) is 9.59 Å². The van der Waals surface area contributed by atoms with Crippen LogP contribution in [0.2, 0.25) is 0 Å². The van der Waals surface area contributed by atoms with Crippen molar-refractivity contribution in [2.24, 2.45) is 10.8 Å². The summed E-state index contributed by atoms with van der Waals surface area (Å²) in [6.07, 6.45) is 13.6. The van der Waals surface area contributed by atoms with Gasteiger partial charge in [-0.2, -0.15) is 0 Å². The van der Waals surface area contributed by atoms with Gasteiger partial charge in [-0.25, -0.2) is 19.6 Å². The standard InChI is InChI=1S/C18H22N2O4/c1-3-23-15(21)19-13-7-8-14(20(19)16(22)24-4-2)18-10-6-5-9-17(13,18)11-12-18/h5-8,11-14H,3-4,9-10H2,1-2H3/t13-,14+,17+,18-. The number of hydrazine groups is 1. The summed E-state index contributed by atoms with van der Waals surface area (Å²) in [7, 11) is 0. The lowest BCUT2D eigenvalue weighted by molar-refractivity contribution is -0.182. The summed E-state index contributed by atoms with van der Waals surface area (Å²) < 4.78 is 10.5. The van der Waals surface area contributed by atoms with Gasteiger partial charge in [0.2, 0.25) is 0 Å². The molecule has 1 saturated heterocycles. The number of hydrogen-bond donors (Lipinski definition) is 0. The van der Waals surface area contributed by atoms with Crippen molar-refractivity contribution in [1.29, 1.82) is 0 Å². The molecule has 0 saturated carbocycles. The maximum atomic E-state index is 12.6. The molecular weight excluding hydrogens is 308 g/mol. The predicted molar refractivity (Wildman–Crippen MR) is 86.8 cm³/mol. The van der Waals surface area contributed by atoms with Crippen LogP contribution in [-0.2, 0) is 9.47 Å². The van der Waals surface area contributed by atoms with Crippen LogP contribution in [0, 0.1) is 10.8 Å². The third kappa shape index (κ3) is 1.61. The van der Waals surface area contributed by atoms with Gasteiger partial charge < -0.3 is 9.47 Å². The SMILES string of the molecule is CCOC(=O)N1[C@H]2C=C[C@@H](N1C(=O)OCC)[C@]13C=C[C@]21CC=CC3. The van der Waals surface area contributed by atoms with Crippen molar-refractivity contribution in [3.63, 3.8) is 0 Å². The van der Waals surface area contributed by atoms with E-state index in [0.717, 1.165) is 12.8 Å². The van der Waals surface area contributed by atoms with Gasteiger partial charge in [-0.05, 0) is 26.7 Å². The molecule has 2 amide bonds. The minimum absolute atomic E-state index is 0.156. The average molecular weight is 330 g/mol. The van der Waals surface area contributed by atoms with E-state index < -0.39 is 12.2 Å². The second-order valence-electron chi connectivity index (χ2n) is 6.66. The molecule has 2 aliphatic heterocycles. The minimum Gasteiger partial charge on any atom is -0.448 e. The fraction of sp³-hybridized carbons (Fsp3) is 0.556. The zero-order valence-corrected chi connectivity index (χ0v) is 14.0. The third-order valence-corrected chi connectivity index (χ3v) is 5.82. The molecule has 0 aromatic heterocycles. The second kappa shape index (κ2) is 5.13. The van der Waals surface area contributed by atoms with Gasteiger partial charge in [0, 0.05) is 10.8 Å². The van der Waals surface area contributed by atoms with E-state index in [1.165, 1.54) is 10.0 Å². The van der Waals surface area contributed by atoms with Crippen LogP contribution >= 0.6 is 0 Å². The van der Waals surface area contributed by atoms with Gasteiger partial charge in [-0.3, -0.25) is 0 Å². The molecule has 0 radical (unpaired) electrons. The Labute approximate surface area is 141 Å². The van der Waals surface area contributed by atoms with Crippen molar-refractivity contribution >= 4 is 12.2 Å². The van der Waals surface area contributed by atoms with Crippen molar-refractivity contribution in [2.45, 2.75) is 38.8 Å². The number of ether oxygens (including phenoxy) is 2. The smallest absolute Gasteiger partial charge is 0.429 e. The van der Waals surface area contributed by atoms with Gasteiger partial charge in [0.1, 0.15) is 0 Å². The van der Waals surface area contributed by atoms with Gasteiger partial charge in [0.25, 0.3) is 0 Å². The van der Waals surface area contributed by atoms with Crippen LogP contribution < -0.4 is 0 Å². The summed E-state index contributed by atoms with van der Waals surface area (Å²) >= 11 is 0. The van der Waals surface area contributed by atoms with Crippen molar-refractivity contribution in [2.75, 3.05) is 13.2 Å². The number of hydrogen-bond acceptors (Lipinski definition) is 4. The monoisotopic (exact) mass is 330 g/mol. The molecule has 4 atom stereocenters. The molecule has 0 aromatic rings. The highest BCUT2D eigenvalue weighted by atomic mass is 16.6. The molecule has 5 aliphatic rings. The molecular formula is C18H22N2O4. The van der Waals surface area contributed by atoms with Crippen LogP contribution in [0.4, 0.5) is 9.59 Å². The van der Waals surface area contributed by atoms with E-state index in [4.69, 9.17) is 9.47 Å². The summed E-state index contributed by atoms with van der Waals surface area (Å²) in [6.45, 7) is 4.06. The molecule has 3 aliphatic carbocycles. The van der Waals surface area contributed by atoms with Gasteiger partial charge in [0.15, 0.2) is 0 Å². The quantitative estimate of drug-likeness (QED) is 0.730. The fourth-order valence-corrected chi connectivity index (χ4v) is 4.78. The molecule has 6 nitrogen and oxygen atoms in total. The highest BCUT2D eigenvalue weighted by molar-refractivity contribution is 5.77. The van der Waals surface area contributed by atoms with E-state index in [0.29, 0.717) is 0 Å². The Kier molecular flexibility index (Phi) is 3.27. The number of fused-ring (bicyclic) bond motifs is 1. The van der Waals surface area contributed by atoms with Crippen LogP contribution in [0.5, 0.6) is 0 Å². The molecule has 6 heteroatoms. The lowest BCUT2D eigenvalue weighted by Crippen LogP contribution is -2.78. The molecule has 0 aromatic carbocycles. The predicted octanol–water partition coefficient (Wildman–Crippen LogP) is 3.03. The van der Waals surface area contributed by atoms with E-state index >= 15 is 0 Å². The molecule has 1 fully saturated rings. The molecule has 2 heterocycles. The summed E-state index contributed by atoms with van der Waals surface area (Å²) in [5.41, 5.74) is -0.312. The maximum absolute atomic E-state index is 12.6. The number of carbonyl (C=O) groups excluding carboxylic acids is 2. The molecule has 5 rings (SSSR count). The molecule has 2 bridgehead atoms. The Morgan fingerprint density at radius 2 is 1.33 bits per heavy atom. The van der Waals surface area contributed by atoms with Crippen LogP contribution in [0.15, 0.2) is 36.5 Å². The first kappa shape index (κ1) is 15.3. The Morgan fingerprint density at radius 3 is 1.67 bits per heavy atom. The largest absolute Gasteiger partial charge is 0.448 e. The van der Waals surface area contributed by atoms with E-state index in [1.807, 2.05) is 12.2 Å². The Morgan fingerprint density at radius 1 is 0.917 bits per heavy atom. The van der Waals surface area contributed by atoms with Crippen LogP contribution in [-0.4, -0.2) is 47.5 Å².